The Hall–Kier alpha value is -1.02. The van der Waals surface area contributed by atoms with Gasteiger partial charge >= 0.3 is 0 Å². The molecule has 0 radical (unpaired) electrons. The van der Waals surface area contributed by atoms with E-state index >= 15 is 0 Å². The first-order valence-corrected chi connectivity index (χ1v) is 6.33. The third-order valence-corrected chi connectivity index (χ3v) is 3.43. The van der Waals surface area contributed by atoms with Gasteiger partial charge in [-0.3, -0.25) is 0 Å². The van der Waals surface area contributed by atoms with Gasteiger partial charge in [0, 0.05) is 6.04 Å². The molecule has 1 aliphatic rings. The minimum Gasteiger partial charge on any atom is -0.508 e. The van der Waals surface area contributed by atoms with Crippen LogP contribution in [-0.2, 0) is 12.8 Å². The van der Waals surface area contributed by atoms with Crippen LogP contribution in [-0.4, -0.2) is 17.7 Å². The molecule has 88 valence electrons. The maximum absolute atomic E-state index is 9.83. The van der Waals surface area contributed by atoms with Crippen LogP contribution in [0.4, 0.5) is 0 Å². The van der Waals surface area contributed by atoms with Crippen molar-refractivity contribution < 1.29 is 5.11 Å². The largest absolute Gasteiger partial charge is 0.508 e. The van der Waals surface area contributed by atoms with Gasteiger partial charge < -0.3 is 10.4 Å². The van der Waals surface area contributed by atoms with Crippen LogP contribution in [0.15, 0.2) is 18.2 Å². The average molecular weight is 219 g/mol. The van der Waals surface area contributed by atoms with Crippen LogP contribution in [0.3, 0.4) is 0 Å². The predicted octanol–water partition coefficient (Wildman–Crippen LogP) is 2.64. The maximum atomic E-state index is 9.83. The molecule has 1 heterocycles. The van der Waals surface area contributed by atoms with Crippen molar-refractivity contribution in [1.29, 1.82) is 0 Å². The summed E-state index contributed by atoms with van der Waals surface area (Å²) in [5, 5.41) is 13.4. The van der Waals surface area contributed by atoms with Crippen LogP contribution < -0.4 is 5.32 Å². The zero-order chi connectivity index (χ0) is 11.4. The number of piperidine rings is 1. The van der Waals surface area contributed by atoms with E-state index in [4.69, 9.17) is 0 Å². The quantitative estimate of drug-likeness (QED) is 0.819. The van der Waals surface area contributed by atoms with E-state index in [0.717, 1.165) is 24.9 Å². The second-order valence-corrected chi connectivity index (χ2v) is 4.67. The third kappa shape index (κ3) is 2.76. The molecule has 0 spiro atoms. The Bertz CT molecular complexity index is 343. The number of hydrogen-bond donors (Lipinski definition) is 2. The first kappa shape index (κ1) is 11.5. The lowest BCUT2D eigenvalue weighted by molar-refractivity contribution is 0.391. The molecule has 1 saturated heterocycles. The fourth-order valence-corrected chi connectivity index (χ4v) is 2.39. The summed E-state index contributed by atoms with van der Waals surface area (Å²) in [6, 6.07) is 6.53. The Morgan fingerprint density at radius 3 is 2.94 bits per heavy atom. The highest BCUT2D eigenvalue weighted by molar-refractivity contribution is 5.36. The van der Waals surface area contributed by atoms with Gasteiger partial charge in [-0.25, -0.2) is 0 Å². The van der Waals surface area contributed by atoms with Gasteiger partial charge in [0.05, 0.1) is 0 Å². The molecule has 1 aromatic carbocycles. The SMILES string of the molecule is CCc1ccc(O)c(CC2CCCCN2)c1. The van der Waals surface area contributed by atoms with Crippen molar-refractivity contribution in [1.82, 2.24) is 5.32 Å². The van der Waals surface area contributed by atoms with E-state index in [9.17, 15) is 5.11 Å². The molecule has 1 aromatic rings. The Morgan fingerprint density at radius 1 is 1.38 bits per heavy atom. The molecule has 2 nitrogen and oxygen atoms in total. The molecule has 1 unspecified atom stereocenters. The van der Waals surface area contributed by atoms with Crippen molar-refractivity contribution in [3.8, 4) is 5.75 Å². The molecule has 1 aliphatic heterocycles. The van der Waals surface area contributed by atoms with Crippen molar-refractivity contribution in [2.75, 3.05) is 6.54 Å². The average Bonchev–Trinajstić information content (AvgIpc) is 2.33. The molecule has 2 N–H and O–H groups in total. The van der Waals surface area contributed by atoms with Gasteiger partial charge in [-0.05, 0) is 49.4 Å². The molecule has 1 fully saturated rings. The van der Waals surface area contributed by atoms with E-state index in [1.807, 2.05) is 12.1 Å². The molecule has 0 amide bonds. The van der Waals surface area contributed by atoms with Crippen molar-refractivity contribution >= 4 is 0 Å². The molecule has 2 rings (SSSR count). The van der Waals surface area contributed by atoms with Gasteiger partial charge in [0.1, 0.15) is 5.75 Å². The molecule has 16 heavy (non-hydrogen) atoms. The number of rotatable bonds is 3. The molecule has 0 aromatic heterocycles. The van der Waals surface area contributed by atoms with Gasteiger partial charge in [0.25, 0.3) is 0 Å². The fourth-order valence-electron chi connectivity index (χ4n) is 2.39. The first-order valence-electron chi connectivity index (χ1n) is 6.33. The van der Waals surface area contributed by atoms with Gasteiger partial charge in [-0.2, -0.15) is 0 Å². The van der Waals surface area contributed by atoms with Gasteiger partial charge in [0.2, 0.25) is 0 Å². The Balaban J connectivity index is 2.06. The van der Waals surface area contributed by atoms with Gasteiger partial charge in [-0.1, -0.05) is 25.5 Å². The van der Waals surface area contributed by atoms with E-state index in [-0.39, 0.29) is 0 Å². The summed E-state index contributed by atoms with van der Waals surface area (Å²) in [6.07, 6.45) is 5.82. The smallest absolute Gasteiger partial charge is 0.118 e. The minimum atomic E-state index is 0.449. The second kappa shape index (κ2) is 5.35. The number of nitrogens with one attached hydrogen (secondary N) is 1. The molecule has 0 bridgehead atoms. The summed E-state index contributed by atoms with van der Waals surface area (Å²) in [6.45, 7) is 3.27. The summed E-state index contributed by atoms with van der Waals surface area (Å²) < 4.78 is 0. The summed E-state index contributed by atoms with van der Waals surface area (Å²) in [5.41, 5.74) is 2.40. The Morgan fingerprint density at radius 2 is 2.25 bits per heavy atom. The molecular weight excluding hydrogens is 198 g/mol. The zero-order valence-corrected chi connectivity index (χ0v) is 10.00. The molecular formula is C14H21NO. The predicted molar refractivity (Wildman–Crippen MR) is 66.8 cm³/mol. The molecule has 1 atom stereocenters. The van der Waals surface area contributed by atoms with E-state index in [0.29, 0.717) is 11.8 Å². The van der Waals surface area contributed by atoms with Crippen LogP contribution in [0, 0.1) is 0 Å². The van der Waals surface area contributed by atoms with Gasteiger partial charge in [0.15, 0.2) is 0 Å². The van der Waals surface area contributed by atoms with Crippen LogP contribution >= 0.6 is 0 Å². The standard InChI is InChI=1S/C14H21NO/c1-2-11-6-7-14(16)12(9-11)10-13-5-3-4-8-15-13/h6-7,9,13,15-16H,2-5,8,10H2,1H3. The maximum Gasteiger partial charge on any atom is 0.118 e. The third-order valence-electron chi connectivity index (χ3n) is 3.43. The van der Waals surface area contributed by atoms with Crippen molar-refractivity contribution in [2.45, 2.75) is 45.1 Å². The van der Waals surface area contributed by atoms with E-state index in [2.05, 4.69) is 18.3 Å². The lowest BCUT2D eigenvalue weighted by atomic mass is 9.96. The van der Waals surface area contributed by atoms with E-state index in [1.165, 1.54) is 24.8 Å². The monoisotopic (exact) mass is 219 g/mol. The van der Waals surface area contributed by atoms with Crippen molar-refractivity contribution in [3.63, 3.8) is 0 Å². The highest BCUT2D eigenvalue weighted by Gasteiger charge is 2.14. The first-order chi connectivity index (χ1) is 7.79. The van der Waals surface area contributed by atoms with Crippen LogP contribution in [0.1, 0.15) is 37.3 Å². The second-order valence-electron chi connectivity index (χ2n) is 4.67. The van der Waals surface area contributed by atoms with Crippen molar-refractivity contribution in [2.24, 2.45) is 0 Å². The lowest BCUT2D eigenvalue weighted by Crippen LogP contribution is -2.35. The van der Waals surface area contributed by atoms with Crippen molar-refractivity contribution in [3.05, 3.63) is 29.3 Å². The Labute approximate surface area is 97.7 Å². The molecule has 0 saturated carbocycles. The van der Waals surface area contributed by atoms with Crippen LogP contribution in [0.2, 0.25) is 0 Å². The number of aryl methyl sites for hydroxylation is 1. The summed E-state index contributed by atoms with van der Waals surface area (Å²) in [5.74, 6) is 0.449. The Kier molecular flexibility index (Phi) is 3.83. The number of benzene rings is 1. The molecule has 2 heteroatoms. The fraction of sp³-hybridized carbons (Fsp3) is 0.571. The van der Waals surface area contributed by atoms with Gasteiger partial charge in [-0.15, -0.1) is 0 Å². The topological polar surface area (TPSA) is 32.3 Å². The minimum absolute atomic E-state index is 0.449. The zero-order valence-electron chi connectivity index (χ0n) is 10.00. The van der Waals surface area contributed by atoms with E-state index in [1.54, 1.807) is 0 Å². The van der Waals surface area contributed by atoms with Crippen LogP contribution in [0.25, 0.3) is 0 Å². The lowest BCUT2D eigenvalue weighted by Gasteiger charge is -2.23. The number of phenolic OH excluding ortho intramolecular Hbond substituents is 1. The molecule has 0 aliphatic carbocycles. The number of phenols is 1. The van der Waals surface area contributed by atoms with Crippen LogP contribution in [0.5, 0.6) is 5.75 Å². The highest BCUT2D eigenvalue weighted by Crippen LogP contribution is 2.22. The number of aromatic hydroxyl groups is 1. The summed E-state index contributed by atoms with van der Waals surface area (Å²) >= 11 is 0. The summed E-state index contributed by atoms with van der Waals surface area (Å²) in [4.78, 5) is 0. The summed E-state index contributed by atoms with van der Waals surface area (Å²) in [7, 11) is 0. The van der Waals surface area contributed by atoms with E-state index < -0.39 is 0 Å². The normalized spacial score (nSPS) is 20.9. The highest BCUT2D eigenvalue weighted by atomic mass is 16.3. The number of hydrogen-bond acceptors (Lipinski definition) is 2.